The van der Waals surface area contributed by atoms with Crippen molar-refractivity contribution in [2.45, 2.75) is 6.42 Å². The summed E-state index contributed by atoms with van der Waals surface area (Å²) in [4.78, 5) is 27.9. The van der Waals surface area contributed by atoms with Gasteiger partial charge in [0.25, 0.3) is 11.5 Å². The average molecular weight is 277 g/mol. The van der Waals surface area contributed by atoms with Gasteiger partial charge in [0, 0.05) is 26.5 Å². The molecule has 1 amide bonds. The maximum Gasteiger partial charge on any atom is 0.274 e. The van der Waals surface area contributed by atoms with E-state index in [1.807, 2.05) is 0 Å². The van der Waals surface area contributed by atoms with Crippen molar-refractivity contribution in [2.75, 3.05) is 20.3 Å². The van der Waals surface area contributed by atoms with Crippen LogP contribution in [0.15, 0.2) is 29.2 Å². The maximum atomic E-state index is 12.2. The van der Waals surface area contributed by atoms with Crippen LogP contribution in [0.5, 0.6) is 5.88 Å². The van der Waals surface area contributed by atoms with Gasteiger partial charge in [0.05, 0.1) is 0 Å². The van der Waals surface area contributed by atoms with Crippen LogP contribution in [-0.4, -0.2) is 40.7 Å². The van der Waals surface area contributed by atoms with Crippen molar-refractivity contribution < 1.29 is 14.6 Å². The Labute approximate surface area is 114 Å². The summed E-state index contributed by atoms with van der Waals surface area (Å²) < 4.78 is 6.07. The number of ether oxygens (including phenoxy) is 1. The minimum absolute atomic E-state index is 0.283. The Morgan fingerprint density at radius 3 is 3.05 bits per heavy atom. The first-order valence-electron chi connectivity index (χ1n) is 6.12. The first kappa shape index (κ1) is 14.0. The van der Waals surface area contributed by atoms with Crippen LogP contribution in [0.25, 0.3) is 5.65 Å². The Morgan fingerprint density at radius 1 is 1.50 bits per heavy atom. The molecular formula is C13H15N3O4. The second kappa shape index (κ2) is 6.16. The SMILES string of the molecule is COCCCNC(=O)c1c(O)nc2ccccn2c1=O. The highest BCUT2D eigenvalue weighted by molar-refractivity contribution is 5.96. The molecule has 20 heavy (non-hydrogen) atoms. The third-order valence-electron chi connectivity index (χ3n) is 2.75. The summed E-state index contributed by atoms with van der Waals surface area (Å²) in [5, 5.41) is 12.3. The average Bonchev–Trinajstić information content (AvgIpc) is 2.43. The fourth-order valence-corrected chi connectivity index (χ4v) is 1.78. The van der Waals surface area contributed by atoms with Gasteiger partial charge in [-0.15, -0.1) is 0 Å². The fourth-order valence-electron chi connectivity index (χ4n) is 1.78. The van der Waals surface area contributed by atoms with Crippen LogP contribution in [-0.2, 0) is 4.74 Å². The molecule has 2 heterocycles. The summed E-state index contributed by atoms with van der Waals surface area (Å²) in [6.45, 7) is 0.851. The zero-order chi connectivity index (χ0) is 14.5. The van der Waals surface area contributed by atoms with E-state index in [4.69, 9.17) is 4.74 Å². The van der Waals surface area contributed by atoms with Crippen LogP contribution in [0.1, 0.15) is 16.8 Å². The van der Waals surface area contributed by atoms with E-state index in [-0.39, 0.29) is 11.2 Å². The first-order valence-corrected chi connectivity index (χ1v) is 6.12. The van der Waals surface area contributed by atoms with Crippen molar-refractivity contribution in [1.82, 2.24) is 14.7 Å². The zero-order valence-electron chi connectivity index (χ0n) is 11.0. The molecule has 106 valence electrons. The van der Waals surface area contributed by atoms with E-state index in [1.54, 1.807) is 25.3 Å². The predicted molar refractivity (Wildman–Crippen MR) is 72.0 cm³/mol. The smallest absolute Gasteiger partial charge is 0.274 e. The molecule has 0 bridgehead atoms. The Morgan fingerprint density at radius 2 is 2.30 bits per heavy atom. The molecule has 0 unspecified atom stereocenters. The van der Waals surface area contributed by atoms with Crippen LogP contribution in [0.3, 0.4) is 0 Å². The molecule has 2 aromatic heterocycles. The summed E-state index contributed by atoms with van der Waals surface area (Å²) in [5.74, 6) is -1.21. The molecule has 0 spiro atoms. The number of aromatic nitrogens is 2. The summed E-state index contributed by atoms with van der Waals surface area (Å²) in [6.07, 6.45) is 2.11. The lowest BCUT2D eigenvalue weighted by Crippen LogP contribution is -2.32. The number of carbonyl (C=O) groups excluding carboxylic acids is 1. The second-order valence-electron chi connectivity index (χ2n) is 4.15. The number of pyridine rings is 1. The quantitative estimate of drug-likeness (QED) is 0.760. The van der Waals surface area contributed by atoms with Crippen LogP contribution in [0, 0.1) is 0 Å². The van der Waals surface area contributed by atoms with Gasteiger partial charge in [0.15, 0.2) is 5.56 Å². The molecule has 0 aliphatic rings. The van der Waals surface area contributed by atoms with Crippen molar-refractivity contribution in [3.8, 4) is 5.88 Å². The van der Waals surface area contributed by atoms with Crippen molar-refractivity contribution in [1.29, 1.82) is 0 Å². The highest BCUT2D eigenvalue weighted by Gasteiger charge is 2.19. The molecule has 2 rings (SSSR count). The van der Waals surface area contributed by atoms with Crippen molar-refractivity contribution in [3.63, 3.8) is 0 Å². The molecule has 0 aliphatic heterocycles. The molecule has 7 heteroatoms. The van der Waals surface area contributed by atoms with Gasteiger partial charge in [-0.25, -0.2) is 0 Å². The second-order valence-corrected chi connectivity index (χ2v) is 4.15. The first-order chi connectivity index (χ1) is 9.65. The summed E-state index contributed by atoms with van der Waals surface area (Å²) >= 11 is 0. The molecule has 0 radical (unpaired) electrons. The zero-order valence-corrected chi connectivity index (χ0v) is 11.0. The summed E-state index contributed by atoms with van der Waals surface area (Å²) in [6, 6.07) is 4.90. The lowest BCUT2D eigenvalue weighted by Gasteiger charge is -2.07. The third-order valence-corrected chi connectivity index (χ3v) is 2.75. The molecule has 0 atom stereocenters. The van der Waals surface area contributed by atoms with Crippen molar-refractivity contribution >= 4 is 11.6 Å². The minimum atomic E-state index is -0.644. The van der Waals surface area contributed by atoms with Gasteiger partial charge in [0.2, 0.25) is 5.88 Å². The molecule has 0 saturated heterocycles. The van der Waals surface area contributed by atoms with Crippen molar-refractivity contribution in [3.05, 3.63) is 40.3 Å². The van der Waals surface area contributed by atoms with Crippen LogP contribution in [0.4, 0.5) is 0 Å². The van der Waals surface area contributed by atoms with E-state index >= 15 is 0 Å². The number of aromatic hydroxyl groups is 1. The number of rotatable bonds is 5. The molecule has 2 N–H and O–H groups in total. The van der Waals surface area contributed by atoms with Gasteiger partial charge < -0.3 is 15.2 Å². The maximum absolute atomic E-state index is 12.2. The van der Waals surface area contributed by atoms with Gasteiger partial charge in [-0.05, 0) is 18.6 Å². The Balaban J connectivity index is 2.29. The third kappa shape index (κ3) is 2.77. The number of amides is 1. The number of carbonyl (C=O) groups is 1. The van der Waals surface area contributed by atoms with E-state index in [1.165, 1.54) is 10.6 Å². The number of hydrogen-bond donors (Lipinski definition) is 2. The minimum Gasteiger partial charge on any atom is -0.493 e. The number of methoxy groups -OCH3 is 1. The Bertz CT molecular complexity index is 681. The molecule has 7 nitrogen and oxygen atoms in total. The predicted octanol–water partition coefficient (Wildman–Crippen LogP) is 0.166. The monoisotopic (exact) mass is 277 g/mol. The summed E-state index contributed by atoms with van der Waals surface area (Å²) in [5.41, 5.74) is -0.672. The van der Waals surface area contributed by atoms with Gasteiger partial charge in [0.1, 0.15) is 5.65 Å². The standard InChI is InChI=1S/C13H15N3O4/c1-20-8-4-6-14-11(17)10-12(18)15-9-5-2-3-7-16(9)13(10)19/h2-3,5,7,18H,4,6,8H2,1H3,(H,14,17). The van der Waals surface area contributed by atoms with Crippen molar-refractivity contribution in [2.24, 2.45) is 0 Å². The molecule has 0 fully saturated rings. The van der Waals surface area contributed by atoms with Crippen LogP contribution < -0.4 is 10.9 Å². The fraction of sp³-hybridized carbons (Fsp3) is 0.308. The van der Waals surface area contributed by atoms with E-state index in [0.717, 1.165) is 0 Å². The van der Waals surface area contributed by atoms with E-state index in [0.29, 0.717) is 19.6 Å². The molecule has 0 saturated carbocycles. The number of hydrogen-bond acceptors (Lipinski definition) is 5. The van der Waals surface area contributed by atoms with Gasteiger partial charge in [-0.2, -0.15) is 4.98 Å². The highest BCUT2D eigenvalue weighted by atomic mass is 16.5. The molecular weight excluding hydrogens is 262 g/mol. The lowest BCUT2D eigenvalue weighted by atomic mass is 10.2. The number of nitrogens with zero attached hydrogens (tertiary/aromatic N) is 2. The van der Waals surface area contributed by atoms with Crippen LogP contribution in [0.2, 0.25) is 0 Å². The molecule has 2 aromatic rings. The van der Waals surface area contributed by atoms with Crippen LogP contribution >= 0.6 is 0 Å². The van der Waals surface area contributed by atoms with E-state index in [9.17, 15) is 14.7 Å². The molecule has 0 aliphatic carbocycles. The van der Waals surface area contributed by atoms with E-state index in [2.05, 4.69) is 10.3 Å². The summed E-state index contributed by atoms with van der Waals surface area (Å²) in [7, 11) is 1.56. The molecule has 0 aromatic carbocycles. The van der Waals surface area contributed by atoms with E-state index < -0.39 is 17.3 Å². The van der Waals surface area contributed by atoms with Gasteiger partial charge in [-0.1, -0.05) is 6.07 Å². The highest BCUT2D eigenvalue weighted by Crippen LogP contribution is 2.10. The normalized spacial score (nSPS) is 10.7. The topological polar surface area (TPSA) is 92.9 Å². The lowest BCUT2D eigenvalue weighted by molar-refractivity contribution is 0.0943. The van der Waals surface area contributed by atoms with Gasteiger partial charge in [-0.3, -0.25) is 14.0 Å². The van der Waals surface area contributed by atoms with Gasteiger partial charge >= 0.3 is 0 Å². The number of nitrogens with one attached hydrogen (secondary N) is 1. The Kier molecular flexibility index (Phi) is 4.31. The number of fused-ring (bicyclic) bond motifs is 1. The Hall–Kier alpha value is -2.41. The largest absolute Gasteiger partial charge is 0.493 e.